The Balaban J connectivity index is 1.52. The quantitative estimate of drug-likeness (QED) is 0.427. The van der Waals surface area contributed by atoms with Crippen molar-refractivity contribution in [1.82, 2.24) is 9.47 Å². The van der Waals surface area contributed by atoms with E-state index in [0.29, 0.717) is 29.8 Å². The largest absolute Gasteiger partial charge is 0.421 e. The molecule has 31 heavy (non-hydrogen) atoms. The second-order valence-electron chi connectivity index (χ2n) is 9.16. The smallest absolute Gasteiger partial charge is 0.408 e. The molecule has 3 aromatic rings. The third-order valence-corrected chi connectivity index (χ3v) is 7.37. The van der Waals surface area contributed by atoms with Crippen LogP contribution in [0.25, 0.3) is 11.1 Å². The van der Waals surface area contributed by atoms with E-state index in [1.807, 2.05) is 30.3 Å². The van der Waals surface area contributed by atoms with Gasteiger partial charge < -0.3 is 19.2 Å². The first-order valence-corrected chi connectivity index (χ1v) is 14.2. The van der Waals surface area contributed by atoms with Crippen LogP contribution in [0.4, 0.5) is 0 Å². The predicted molar refractivity (Wildman–Crippen MR) is 121 cm³/mol. The summed E-state index contributed by atoms with van der Waals surface area (Å²) in [6.45, 7) is 7.78. The molecule has 0 bridgehead atoms. The van der Waals surface area contributed by atoms with E-state index in [1.165, 1.54) is 4.57 Å². The summed E-state index contributed by atoms with van der Waals surface area (Å²) >= 11 is 0. The van der Waals surface area contributed by atoms with E-state index in [2.05, 4.69) is 19.6 Å². The Labute approximate surface area is 181 Å². The van der Waals surface area contributed by atoms with E-state index in [-0.39, 0.29) is 25.3 Å². The molecule has 7 nitrogen and oxygen atoms in total. The summed E-state index contributed by atoms with van der Waals surface area (Å²) in [6.07, 6.45) is 0. The zero-order valence-corrected chi connectivity index (χ0v) is 19.1. The van der Waals surface area contributed by atoms with Crippen molar-refractivity contribution in [3.63, 3.8) is 0 Å². The number of fused-ring (bicyclic) bond motifs is 2. The molecule has 1 amide bonds. The Morgan fingerprint density at radius 3 is 2.65 bits per heavy atom. The van der Waals surface area contributed by atoms with E-state index in [1.54, 1.807) is 17.0 Å². The van der Waals surface area contributed by atoms with Gasteiger partial charge in [-0.15, -0.1) is 0 Å². The molecule has 8 heteroatoms. The lowest BCUT2D eigenvalue weighted by Crippen LogP contribution is -2.29. The summed E-state index contributed by atoms with van der Waals surface area (Å²) in [5, 5.41) is 9.87. The van der Waals surface area contributed by atoms with Crippen LogP contribution in [0.3, 0.4) is 0 Å². The second kappa shape index (κ2) is 8.45. The topological polar surface area (TPSA) is 84.9 Å². The third-order valence-electron chi connectivity index (χ3n) is 5.66. The van der Waals surface area contributed by atoms with E-state index >= 15 is 0 Å². The molecule has 0 saturated carbocycles. The normalized spacial score (nSPS) is 16.3. The minimum Gasteiger partial charge on any atom is -0.408 e. The minimum atomic E-state index is -1.20. The first-order valence-electron chi connectivity index (χ1n) is 10.5. The lowest BCUT2D eigenvalue weighted by Gasteiger charge is -2.23. The van der Waals surface area contributed by atoms with Gasteiger partial charge in [0.15, 0.2) is 5.58 Å². The van der Waals surface area contributed by atoms with Gasteiger partial charge in [0, 0.05) is 26.8 Å². The summed E-state index contributed by atoms with van der Waals surface area (Å²) in [5.41, 5.74) is 3.41. The Hall–Kier alpha value is -2.68. The molecule has 2 aromatic carbocycles. The van der Waals surface area contributed by atoms with Crippen molar-refractivity contribution in [2.45, 2.75) is 45.0 Å². The number of aromatic nitrogens is 1. The summed E-state index contributed by atoms with van der Waals surface area (Å²) in [5.74, 6) is -0.567. The number of hydrogen-bond donors (Lipinski definition) is 1. The van der Waals surface area contributed by atoms with E-state index in [4.69, 9.17) is 9.15 Å². The molecule has 4 rings (SSSR count). The van der Waals surface area contributed by atoms with Crippen LogP contribution in [0.2, 0.25) is 25.7 Å². The number of hydrogen-bond acceptors (Lipinski definition) is 5. The number of amides is 1. The van der Waals surface area contributed by atoms with Gasteiger partial charge in [0.2, 0.25) is 0 Å². The van der Waals surface area contributed by atoms with Gasteiger partial charge in [0.1, 0.15) is 6.73 Å². The van der Waals surface area contributed by atoms with Gasteiger partial charge >= 0.3 is 5.76 Å². The first-order chi connectivity index (χ1) is 14.8. The molecule has 1 unspecified atom stereocenters. The van der Waals surface area contributed by atoms with Gasteiger partial charge in [0.25, 0.3) is 5.91 Å². The Morgan fingerprint density at radius 1 is 1.13 bits per heavy atom. The number of nitrogens with zero attached hydrogens (tertiary/aromatic N) is 2. The number of oxazole rings is 1. The Kier molecular flexibility index (Phi) is 5.87. The van der Waals surface area contributed by atoms with Crippen LogP contribution in [0, 0.1) is 0 Å². The molecule has 1 aliphatic heterocycles. The third kappa shape index (κ3) is 4.37. The summed E-state index contributed by atoms with van der Waals surface area (Å²) in [6, 6.07) is 13.5. The highest BCUT2D eigenvalue weighted by Crippen LogP contribution is 2.34. The monoisotopic (exact) mass is 440 g/mol. The zero-order chi connectivity index (χ0) is 22.2. The van der Waals surface area contributed by atoms with Crippen LogP contribution >= 0.6 is 0 Å². The summed E-state index contributed by atoms with van der Waals surface area (Å²) < 4.78 is 12.6. The highest BCUT2D eigenvalue weighted by atomic mass is 28.3. The van der Waals surface area contributed by atoms with Crippen LogP contribution in [0.15, 0.2) is 51.7 Å². The lowest BCUT2D eigenvalue weighted by atomic mass is 10.1. The molecule has 1 aromatic heterocycles. The molecule has 0 radical (unpaired) electrons. The fourth-order valence-electron chi connectivity index (χ4n) is 3.89. The second-order valence-corrected chi connectivity index (χ2v) is 14.8. The zero-order valence-electron chi connectivity index (χ0n) is 18.1. The average molecular weight is 441 g/mol. The number of aliphatic hydroxyl groups excluding tert-OH is 1. The Bertz CT molecular complexity index is 1160. The van der Waals surface area contributed by atoms with Crippen molar-refractivity contribution in [2.75, 3.05) is 13.2 Å². The van der Waals surface area contributed by atoms with Gasteiger partial charge in [-0.1, -0.05) is 43.9 Å². The number of rotatable bonds is 8. The van der Waals surface area contributed by atoms with Gasteiger partial charge in [-0.2, -0.15) is 0 Å². The molecule has 164 valence electrons. The standard InChI is InChI=1S/C23H28N2O5Si/c1-31(2,3)11-10-29-15-25-19-9-8-16(12-21(19)30-23(25)28)13-24-20(14-26)17-6-4-5-7-18(17)22(24)27/h4-9,12,20,26H,10-11,13-15H2,1-3H3. The molecule has 1 aliphatic rings. The van der Waals surface area contributed by atoms with E-state index < -0.39 is 13.8 Å². The van der Waals surface area contributed by atoms with Crippen LogP contribution in [0.1, 0.15) is 27.5 Å². The van der Waals surface area contributed by atoms with Crippen molar-refractivity contribution in [3.05, 3.63) is 69.7 Å². The van der Waals surface area contributed by atoms with Crippen molar-refractivity contribution < 1.29 is 19.1 Å². The first kappa shape index (κ1) is 21.5. The summed E-state index contributed by atoms with van der Waals surface area (Å²) in [4.78, 5) is 26.8. The lowest BCUT2D eigenvalue weighted by molar-refractivity contribution is 0.0635. The van der Waals surface area contributed by atoms with Gasteiger partial charge in [-0.25, -0.2) is 9.36 Å². The van der Waals surface area contributed by atoms with Crippen molar-refractivity contribution >= 4 is 25.1 Å². The number of benzene rings is 2. The van der Waals surface area contributed by atoms with Gasteiger partial charge in [-0.05, 0) is 35.4 Å². The van der Waals surface area contributed by atoms with Crippen LogP contribution in [-0.2, 0) is 18.0 Å². The molecule has 0 saturated heterocycles. The van der Waals surface area contributed by atoms with Crippen LogP contribution in [0.5, 0.6) is 0 Å². The molecular weight excluding hydrogens is 412 g/mol. The maximum absolute atomic E-state index is 12.8. The highest BCUT2D eigenvalue weighted by Gasteiger charge is 2.35. The molecule has 0 aliphatic carbocycles. The number of ether oxygens (including phenoxy) is 1. The number of aliphatic hydroxyl groups is 1. The predicted octanol–water partition coefficient (Wildman–Crippen LogP) is 3.60. The van der Waals surface area contributed by atoms with E-state index in [0.717, 1.165) is 17.2 Å². The molecule has 0 spiro atoms. The molecular formula is C23H28N2O5Si. The fourth-order valence-corrected chi connectivity index (χ4v) is 4.64. The van der Waals surface area contributed by atoms with E-state index in [9.17, 15) is 14.7 Å². The minimum absolute atomic E-state index is 0.107. The molecule has 1 atom stereocenters. The van der Waals surface area contributed by atoms with Crippen molar-refractivity contribution in [1.29, 1.82) is 0 Å². The van der Waals surface area contributed by atoms with Gasteiger partial charge in [-0.3, -0.25) is 4.79 Å². The van der Waals surface area contributed by atoms with Crippen molar-refractivity contribution in [2.24, 2.45) is 0 Å². The molecule has 2 heterocycles. The highest BCUT2D eigenvalue weighted by molar-refractivity contribution is 6.76. The molecule has 0 fully saturated rings. The SMILES string of the molecule is C[Si](C)(C)CCOCn1c(=O)oc2cc(CN3C(=O)c4ccccc4C3CO)ccc21. The number of carbonyl (C=O) groups excluding carboxylic acids is 1. The summed E-state index contributed by atoms with van der Waals surface area (Å²) in [7, 11) is -1.20. The maximum Gasteiger partial charge on any atom is 0.421 e. The van der Waals surface area contributed by atoms with Crippen molar-refractivity contribution in [3.8, 4) is 0 Å². The van der Waals surface area contributed by atoms with Crippen LogP contribution < -0.4 is 5.76 Å². The average Bonchev–Trinajstić information content (AvgIpc) is 3.18. The Morgan fingerprint density at radius 2 is 1.90 bits per heavy atom. The fraction of sp³-hybridized carbons (Fsp3) is 0.391. The molecule has 1 N–H and O–H groups in total. The van der Waals surface area contributed by atoms with Crippen LogP contribution in [-0.4, -0.2) is 41.8 Å². The van der Waals surface area contributed by atoms with Gasteiger partial charge in [0.05, 0.1) is 18.2 Å². The maximum atomic E-state index is 12.8. The number of carbonyl (C=O) groups is 1.